The first-order chi connectivity index (χ1) is 11.1. The summed E-state index contributed by atoms with van der Waals surface area (Å²) in [6, 6.07) is 13.5. The molecule has 0 saturated carbocycles. The molecule has 23 heavy (non-hydrogen) atoms. The van der Waals surface area contributed by atoms with Gasteiger partial charge in [-0.3, -0.25) is 10.1 Å². The summed E-state index contributed by atoms with van der Waals surface area (Å²) in [6.45, 7) is -0.0810. The van der Waals surface area contributed by atoms with Crippen molar-refractivity contribution in [3.63, 3.8) is 0 Å². The second kappa shape index (κ2) is 6.45. The standard InChI is InChI=1S/C15H10ClN3O4/c16-11-6-7-13(12(8-11)19(20)21)22-9-14-17-15(18-23-14)10-4-2-1-3-5-10/h1-8H,9H2. The van der Waals surface area contributed by atoms with Gasteiger partial charge in [-0.15, -0.1) is 0 Å². The maximum Gasteiger partial charge on any atom is 0.312 e. The van der Waals surface area contributed by atoms with Crippen LogP contribution >= 0.6 is 11.6 Å². The van der Waals surface area contributed by atoms with Gasteiger partial charge >= 0.3 is 5.69 Å². The summed E-state index contributed by atoms with van der Waals surface area (Å²) >= 11 is 5.75. The van der Waals surface area contributed by atoms with Gasteiger partial charge in [0.1, 0.15) is 0 Å². The zero-order valence-corrected chi connectivity index (χ0v) is 12.4. The molecule has 0 radical (unpaired) electrons. The molecule has 8 heteroatoms. The molecule has 7 nitrogen and oxygen atoms in total. The first-order valence-electron chi connectivity index (χ1n) is 6.58. The Labute approximate surface area is 135 Å². The molecular weight excluding hydrogens is 322 g/mol. The van der Waals surface area contributed by atoms with Gasteiger partial charge in [0.25, 0.3) is 5.89 Å². The zero-order valence-electron chi connectivity index (χ0n) is 11.7. The predicted octanol–water partition coefficient (Wildman–Crippen LogP) is 3.88. The normalized spacial score (nSPS) is 10.5. The third-order valence-electron chi connectivity index (χ3n) is 2.97. The number of halogens is 1. The molecule has 0 aliphatic carbocycles. The topological polar surface area (TPSA) is 91.3 Å². The van der Waals surface area contributed by atoms with Crippen LogP contribution in [-0.4, -0.2) is 15.1 Å². The number of hydrogen-bond acceptors (Lipinski definition) is 6. The highest BCUT2D eigenvalue weighted by atomic mass is 35.5. The molecule has 0 bridgehead atoms. The van der Waals surface area contributed by atoms with E-state index in [1.165, 1.54) is 18.2 Å². The van der Waals surface area contributed by atoms with Crippen LogP contribution in [0.4, 0.5) is 5.69 Å². The van der Waals surface area contributed by atoms with E-state index in [1.807, 2.05) is 30.3 Å². The van der Waals surface area contributed by atoms with E-state index in [4.69, 9.17) is 20.9 Å². The summed E-state index contributed by atoms with van der Waals surface area (Å²) in [5.74, 6) is 0.724. The van der Waals surface area contributed by atoms with E-state index < -0.39 is 4.92 Å². The number of nitrogens with zero attached hydrogens (tertiary/aromatic N) is 3. The van der Waals surface area contributed by atoms with Crippen LogP contribution in [0.5, 0.6) is 5.75 Å². The van der Waals surface area contributed by atoms with Crippen molar-refractivity contribution in [2.24, 2.45) is 0 Å². The Morgan fingerprint density at radius 1 is 1.22 bits per heavy atom. The summed E-state index contributed by atoms with van der Waals surface area (Å²) in [6.07, 6.45) is 0. The molecule has 0 N–H and O–H groups in total. The van der Waals surface area contributed by atoms with Crippen molar-refractivity contribution in [3.05, 3.63) is 69.6 Å². The van der Waals surface area contributed by atoms with E-state index in [2.05, 4.69) is 10.1 Å². The number of nitro benzene ring substituents is 1. The number of ether oxygens (including phenoxy) is 1. The van der Waals surface area contributed by atoms with Crippen molar-refractivity contribution in [3.8, 4) is 17.1 Å². The van der Waals surface area contributed by atoms with Crippen molar-refractivity contribution in [2.75, 3.05) is 0 Å². The summed E-state index contributed by atoms with van der Waals surface area (Å²) in [4.78, 5) is 14.6. The van der Waals surface area contributed by atoms with Crippen molar-refractivity contribution in [1.82, 2.24) is 10.1 Å². The number of aromatic nitrogens is 2. The van der Waals surface area contributed by atoms with Gasteiger partial charge in [-0.25, -0.2) is 0 Å². The molecule has 0 aliphatic heterocycles. The highest BCUT2D eigenvalue weighted by Gasteiger charge is 2.17. The molecule has 0 saturated heterocycles. The third-order valence-corrected chi connectivity index (χ3v) is 3.20. The molecule has 0 spiro atoms. The second-order valence-corrected chi connectivity index (χ2v) is 4.97. The van der Waals surface area contributed by atoms with Crippen molar-refractivity contribution in [2.45, 2.75) is 6.61 Å². The number of hydrogen-bond donors (Lipinski definition) is 0. The molecule has 2 aromatic carbocycles. The molecule has 0 aliphatic rings. The lowest BCUT2D eigenvalue weighted by atomic mass is 10.2. The van der Waals surface area contributed by atoms with E-state index in [0.717, 1.165) is 5.56 Å². The van der Waals surface area contributed by atoms with E-state index in [9.17, 15) is 10.1 Å². The average molecular weight is 332 g/mol. The fourth-order valence-electron chi connectivity index (χ4n) is 1.91. The fourth-order valence-corrected chi connectivity index (χ4v) is 2.08. The Balaban J connectivity index is 1.75. The highest BCUT2D eigenvalue weighted by Crippen LogP contribution is 2.30. The van der Waals surface area contributed by atoms with Crippen LogP contribution < -0.4 is 4.74 Å². The molecule has 3 aromatic rings. The van der Waals surface area contributed by atoms with Crippen LogP contribution in [0.2, 0.25) is 5.02 Å². The Morgan fingerprint density at radius 3 is 2.74 bits per heavy atom. The van der Waals surface area contributed by atoms with E-state index >= 15 is 0 Å². The van der Waals surface area contributed by atoms with Crippen molar-refractivity contribution >= 4 is 17.3 Å². The van der Waals surface area contributed by atoms with Gasteiger partial charge in [-0.1, -0.05) is 47.1 Å². The molecule has 0 amide bonds. The molecule has 3 rings (SSSR count). The van der Waals surface area contributed by atoms with Gasteiger partial charge in [0.2, 0.25) is 5.82 Å². The van der Waals surface area contributed by atoms with Crippen LogP contribution in [0, 0.1) is 10.1 Å². The monoisotopic (exact) mass is 331 g/mol. The van der Waals surface area contributed by atoms with E-state index in [0.29, 0.717) is 5.82 Å². The molecule has 0 atom stereocenters. The minimum absolute atomic E-state index is 0.0810. The summed E-state index contributed by atoms with van der Waals surface area (Å²) in [5.41, 5.74) is 0.584. The minimum Gasteiger partial charge on any atom is -0.477 e. The molecule has 0 fully saturated rings. The highest BCUT2D eigenvalue weighted by molar-refractivity contribution is 6.30. The van der Waals surface area contributed by atoms with Crippen LogP contribution in [-0.2, 0) is 6.61 Å². The molecule has 1 aromatic heterocycles. The van der Waals surface area contributed by atoms with Crippen LogP contribution in [0.15, 0.2) is 53.1 Å². The van der Waals surface area contributed by atoms with Crippen LogP contribution in [0.3, 0.4) is 0 Å². The Morgan fingerprint density at radius 2 is 2.00 bits per heavy atom. The Bertz CT molecular complexity index is 836. The van der Waals surface area contributed by atoms with Gasteiger partial charge < -0.3 is 9.26 Å². The van der Waals surface area contributed by atoms with E-state index in [1.54, 1.807) is 0 Å². The summed E-state index contributed by atoms with van der Waals surface area (Å²) < 4.78 is 10.5. The average Bonchev–Trinajstić information content (AvgIpc) is 3.03. The quantitative estimate of drug-likeness (QED) is 0.520. The summed E-state index contributed by atoms with van der Waals surface area (Å²) in [5, 5.41) is 15.1. The first kappa shape index (κ1) is 15.0. The van der Waals surface area contributed by atoms with Crippen molar-refractivity contribution in [1.29, 1.82) is 0 Å². The first-order valence-corrected chi connectivity index (χ1v) is 6.96. The van der Waals surface area contributed by atoms with Gasteiger partial charge in [-0.2, -0.15) is 4.98 Å². The van der Waals surface area contributed by atoms with Gasteiger partial charge in [0.05, 0.1) is 4.92 Å². The van der Waals surface area contributed by atoms with Crippen molar-refractivity contribution < 1.29 is 14.2 Å². The van der Waals surface area contributed by atoms with Crippen LogP contribution in [0.1, 0.15) is 5.89 Å². The zero-order chi connectivity index (χ0) is 16.2. The predicted molar refractivity (Wildman–Crippen MR) is 82.2 cm³/mol. The lowest BCUT2D eigenvalue weighted by Crippen LogP contribution is -1.99. The van der Waals surface area contributed by atoms with Gasteiger partial charge in [0.15, 0.2) is 12.4 Å². The number of rotatable bonds is 5. The maximum atomic E-state index is 11.0. The fraction of sp³-hybridized carbons (Fsp3) is 0.0667. The third kappa shape index (κ3) is 3.46. The number of nitro groups is 1. The largest absolute Gasteiger partial charge is 0.477 e. The SMILES string of the molecule is O=[N+]([O-])c1cc(Cl)ccc1OCc1nc(-c2ccccc2)no1. The van der Waals surface area contributed by atoms with Gasteiger partial charge in [-0.05, 0) is 12.1 Å². The molecule has 116 valence electrons. The minimum atomic E-state index is -0.565. The van der Waals surface area contributed by atoms with Gasteiger partial charge in [0, 0.05) is 16.7 Å². The second-order valence-electron chi connectivity index (χ2n) is 4.54. The lowest BCUT2D eigenvalue weighted by Gasteiger charge is -2.04. The van der Waals surface area contributed by atoms with E-state index in [-0.39, 0.29) is 29.0 Å². The lowest BCUT2D eigenvalue weighted by molar-refractivity contribution is -0.385. The summed E-state index contributed by atoms with van der Waals surface area (Å²) in [7, 11) is 0. The Hall–Kier alpha value is -2.93. The number of benzene rings is 2. The molecule has 0 unspecified atom stereocenters. The van der Waals surface area contributed by atoms with Crippen LogP contribution in [0.25, 0.3) is 11.4 Å². The molecule has 1 heterocycles. The smallest absolute Gasteiger partial charge is 0.312 e. The molecular formula is C15H10ClN3O4. The Kier molecular flexibility index (Phi) is 4.20. The maximum absolute atomic E-state index is 11.0.